The first-order valence-electron chi connectivity index (χ1n) is 7.06. The summed E-state index contributed by atoms with van der Waals surface area (Å²) in [5.41, 5.74) is -0.623. The van der Waals surface area contributed by atoms with E-state index in [1.165, 1.54) is 14.2 Å². The third kappa shape index (κ3) is 4.31. The predicted octanol–water partition coefficient (Wildman–Crippen LogP) is 2.35. The number of rotatable bonds is 5. The molecule has 2 N–H and O–H groups in total. The van der Waals surface area contributed by atoms with Gasteiger partial charge >= 0.3 is 0 Å². The molecule has 0 unspecified atom stereocenters. The summed E-state index contributed by atoms with van der Waals surface area (Å²) in [4.78, 5) is 12.6. The van der Waals surface area contributed by atoms with E-state index < -0.39 is 22.8 Å². The Balaban J connectivity index is 0.00000264. The lowest BCUT2D eigenvalue weighted by Crippen LogP contribution is -2.47. The lowest BCUT2D eigenvalue weighted by Gasteiger charge is -2.35. The van der Waals surface area contributed by atoms with Gasteiger partial charge in [0.05, 0.1) is 19.1 Å². The van der Waals surface area contributed by atoms with Crippen LogP contribution in [0.4, 0.5) is 14.5 Å². The molecule has 1 aliphatic heterocycles. The second kappa shape index (κ2) is 8.42. The van der Waals surface area contributed by atoms with E-state index in [4.69, 9.17) is 4.74 Å². The summed E-state index contributed by atoms with van der Waals surface area (Å²) in [6.45, 7) is 1.66. The largest absolute Gasteiger partial charge is 0.491 e. The number of amides is 1. The number of hydrogen-bond acceptors (Lipinski definition) is 4. The van der Waals surface area contributed by atoms with Crippen molar-refractivity contribution in [2.24, 2.45) is 5.41 Å². The molecule has 5 nitrogen and oxygen atoms in total. The Bertz CT molecular complexity index is 523. The Labute approximate surface area is 140 Å². The van der Waals surface area contributed by atoms with Gasteiger partial charge < -0.3 is 20.1 Å². The maximum atomic E-state index is 13.7. The van der Waals surface area contributed by atoms with Crippen LogP contribution in [0.15, 0.2) is 12.1 Å². The fourth-order valence-electron chi connectivity index (χ4n) is 2.71. The van der Waals surface area contributed by atoms with Crippen LogP contribution >= 0.6 is 12.4 Å². The van der Waals surface area contributed by atoms with Crippen LogP contribution < -0.4 is 15.4 Å². The van der Waals surface area contributed by atoms with Crippen LogP contribution in [0, 0.1) is 17.0 Å². The second-order valence-electron chi connectivity index (χ2n) is 5.39. The van der Waals surface area contributed by atoms with Gasteiger partial charge in [-0.3, -0.25) is 4.79 Å². The van der Waals surface area contributed by atoms with Gasteiger partial charge in [-0.1, -0.05) is 0 Å². The third-order valence-electron chi connectivity index (χ3n) is 3.92. The minimum Gasteiger partial charge on any atom is -0.491 e. The lowest BCUT2D eigenvalue weighted by molar-refractivity contribution is -0.130. The summed E-state index contributed by atoms with van der Waals surface area (Å²) in [6, 6.07) is 2.09. The first-order chi connectivity index (χ1) is 10.5. The number of benzene rings is 1. The number of carbonyl (C=O) groups excluding carboxylic acids is 1. The van der Waals surface area contributed by atoms with Crippen LogP contribution in [-0.4, -0.2) is 39.8 Å². The number of hydrogen-bond donors (Lipinski definition) is 2. The Morgan fingerprint density at radius 2 is 1.83 bits per heavy atom. The molecular formula is C15H21ClF2N2O3. The van der Waals surface area contributed by atoms with Gasteiger partial charge in [-0.2, -0.15) is 0 Å². The molecule has 0 aromatic heterocycles. The third-order valence-corrected chi connectivity index (χ3v) is 3.92. The van der Waals surface area contributed by atoms with Gasteiger partial charge in [-0.25, -0.2) is 8.78 Å². The molecule has 0 atom stereocenters. The summed E-state index contributed by atoms with van der Waals surface area (Å²) >= 11 is 0. The van der Waals surface area contributed by atoms with Crippen LogP contribution in [0.5, 0.6) is 5.75 Å². The molecule has 0 bridgehead atoms. The molecule has 1 heterocycles. The highest BCUT2D eigenvalue weighted by molar-refractivity contribution is 5.95. The van der Waals surface area contributed by atoms with Crippen molar-refractivity contribution in [1.82, 2.24) is 5.32 Å². The van der Waals surface area contributed by atoms with E-state index in [9.17, 15) is 13.6 Å². The van der Waals surface area contributed by atoms with Gasteiger partial charge in [0.2, 0.25) is 5.91 Å². The minimum absolute atomic E-state index is 0. The maximum absolute atomic E-state index is 13.7. The topological polar surface area (TPSA) is 59.6 Å². The molecule has 8 heteroatoms. The first-order valence-corrected chi connectivity index (χ1v) is 7.06. The molecule has 23 heavy (non-hydrogen) atoms. The fourth-order valence-corrected chi connectivity index (χ4v) is 2.71. The number of anilines is 1. The van der Waals surface area contributed by atoms with Crippen LogP contribution in [0.3, 0.4) is 0 Å². The van der Waals surface area contributed by atoms with Gasteiger partial charge in [-0.05, 0) is 25.9 Å². The summed E-state index contributed by atoms with van der Waals surface area (Å²) in [7, 11) is 2.71. The minimum atomic E-state index is -0.857. The standard InChI is InChI=1S/C15H20F2N2O3.ClH/c1-21-9-15(3-5-18-6-4-15)14(20)19-10-7-11(16)13(22-2)12(17)8-10;/h7-8,18H,3-6,9H2,1-2H3,(H,19,20);1H. The normalized spacial score (nSPS) is 16.3. The summed E-state index contributed by atoms with van der Waals surface area (Å²) in [6.07, 6.45) is 1.21. The molecule has 0 saturated carbocycles. The lowest BCUT2D eigenvalue weighted by atomic mass is 9.78. The number of halogens is 3. The van der Waals surface area contributed by atoms with Crippen LogP contribution in [0.25, 0.3) is 0 Å². The molecule has 1 aromatic rings. The average Bonchev–Trinajstić information content (AvgIpc) is 2.48. The zero-order chi connectivity index (χ0) is 16.2. The SMILES string of the molecule is COCC1(C(=O)Nc2cc(F)c(OC)c(F)c2)CCNCC1.Cl. The fraction of sp³-hybridized carbons (Fsp3) is 0.533. The molecular weight excluding hydrogens is 330 g/mol. The summed E-state index contributed by atoms with van der Waals surface area (Å²) < 4.78 is 37.2. The van der Waals surface area contributed by atoms with Crippen molar-refractivity contribution in [2.75, 3.05) is 39.2 Å². The van der Waals surface area contributed by atoms with Crippen molar-refractivity contribution in [3.05, 3.63) is 23.8 Å². The van der Waals surface area contributed by atoms with Gasteiger partial charge in [-0.15, -0.1) is 12.4 Å². The van der Waals surface area contributed by atoms with Gasteiger partial charge in [0, 0.05) is 24.9 Å². The van der Waals surface area contributed by atoms with E-state index in [0.717, 1.165) is 12.1 Å². The molecule has 1 aromatic carbocycles. The Kier molecular flexibility index (Phi) is 7.18. The van der Waals surface area contributed by atoms with E-state index >= 15 is 0 Å². The predicted molar refractivity (Wildman–Crippen MR) is 85.2 cm³/mol. The van der Waals surface area contributed by atoms with Crippen molar-refractivity contribution < 1.29 is 23.0 Å². The highest BCUT2D eigenvalue weighted by Crippen LogP contribution is 2.32. The molecule has 1 amide bonds. The molecule has 2 rings (SSSR count). The van der Waals surface area contributed by atoms with E-state index in [-0.39, 0.29) is 30.6 Å². The first kappa shape index (κ1) is 19.6. The Hall–Kier alpha value is -1.44. The summed E-state index contributed by atoms with van der Waals surface area (Å²) in [5.74, 6) is -2.47. The Morgan fingerprint density at radius 3 is 2.30 bits per heavy atom. The monoisotopic (exact) mass is 350 g/mol. The molecule has 1 aliphatic rings. The van der Waals surface area contributed by atoms with Crippen LogP contribution in [-0.2, 0) is 9.53 Å². The smallest absolute Gasteiger partial charge is 0.233 e. The molecule has 1 fully saturated rings. The van der Waals surface area contributed by atoms with Crippen LogP contribution in [0.1, 0.15) is 12.8 Å². The van der Waals surface area contributed by atoms with E-state index in [1.807, 2.05) is 0 Å². The van der Waals surface area contributed by atoms with Crippen molar-refractivity contribution >= 4 is 24.0 Å². The zero-order valence-corrected chi connectivity index (χ0v) is 13.9. The van der Waals surface area contributed by atoms with Crippen molar-refractivity contribution in [3.8, 4) is 5.75 Å². The molecule has 0 aliphatic carbocycles. The average molecular weight is 351 g/mol. The van der Waals surface area contributed by atoms with E-state index in [0.29, 0.717) is 25.9 Å². The zero-order valence-electron chi connectivity index (χ0n) is 13.1. The molecule has 1 saturated heterocycles. The van der Waals surface area contributed by atoms with Gasteiger partial charge in [0.15, 0.2) is 17.4 Å². The highest BCUT2D eigenvalue weighted by atomic mass is 35.5. The van der Waals surface area contributed by atoms with E-state index in [1.54, 1.807) is 0 Å². The number of methoxy groups -OCH3 is 2. The van der Waals surface area contributed by atoms with Crippen molar-refractivity contribution in [1.29, 1.82) is 0 Å². The quantitative estimate of drug-likeness (QED) is 0.856. The van der Waals surface area contributed by atoms with Crippen LogP contribution in [0.2, 0.25) is 0 Å². The molecule has 130 valence electrons. The molecule has 0 radical (unpaired) electrons. The van der Waals surface area contributed by atoms with Gasteiger partial charge in [0.1, 0.15) is 0 Å². The highest BCUT2D eigenvalue weighted by Gasteiger charge is 2.39. The van der Waals surface area contributed by atoms with Crippen molar-refractivity contribution in [3.63, 3.8) is 0 Å². The second-order valence-corrected chi connectivity index (χ2v) is 5.39. The van der Waals surface area contributed by atoms with Gasteiger partial charge in [0.25, 0.3) is 0 Å². The number of piperidine rings is 1. The van der Waals surface area contributed by atoms with E-state index in [2.05, 4.69) is 15.4 Å². The maximum Gasteiger partial charge on any atom is 0.233 e. The molecule has 0 spiro atoms. The summed E-state index contributed by atoms with van der Waals surface area (Å²) in [5, 5.41) is 5.77. The van der Waals surface area contributed by atoms with Crippen molar-refractivity contribution in [2.45, 2.75) is 12.8 Å². The Morgan fingerprint density at radius 1 is 1.26 bits per heavy atom. The number of ether oxygens (including phenoxy) is 2. The number of carbonyl (C=O) groups is 1. The number of nitrogens with one attached hydrogen (secondary N) is 2.